The summed E-state index contributed by atoms with van der Waals surface area (Å²) in [5, 5.41) is 0. The van der Waals surface area contributed by atoms with Gasteiger partial charge in [-0.2, -0.15) is 0 Å². The third-order valence-corrected chi connectivity index (χ3v) is 2.73. The molecule has 0 radical (unpaired) electrons. The number of benzene rings is 1. The maximum absolute atomic E-state index is 13.4. The second kappa shape index (κ2) is 5.08. The Kier molecular flexibility index (Phi) is 3.50. The molecule has 0 atom stereocenters. The fourth-order valence-corrected chi connectivity index (χ4v) is 1.71. The van der Waals surface area contributed by atoms with Crippen molar-refractivity contribution in [2.45, 2.75) is 12.8 Å². The third-order valence-electron chi connectivity index (χ3n) is 2.73. The number of halogens is 2. The average Bonchev–Trinajstić information content (AvgIpc) is 2.75. The van der Waals surface area contributed by atoms with E-state index in [9.17, 15) is 13.6 Å². The molecule has 3 nitrogen and oxygen atoms in total. The normalized spacial score (nSPS) is 10.6. The van der Waals surface area contributed by atoms with E-state index >= 15 is 0 Å². The average molecular weight is 250 g/mol. The maximum Gasteiger partial charge on any atom is 0.166 e. The number of imidazole rings is 1. The SMILES string of the molecule is Cn1ccnc1CCC(=O)c1cc(F)ccc1F. The van der Waals surface area contributed by atoms with Crippen molar-refractivity contribution in [3.8, 4) is 0 Å². The first kappa shape index (κ1) is 12.4. The van der Waals surface area contributed by atoms with E-state index in [1.54, 1.807) is 17.0 Å². The molecule has 0 spiro atoms. The van der Waals surface area contributed by atoms with Crippen molar-refractivity contribution in [1.29, 1.82) is 0 Å². The molecule has 1 heterocycles. The van der Waals surface area contributed by atoms with Crippen molar-refractivity contribution >= 4 is 5.78 Å². The molecule has 0 bridgehead atoms. The summed E-state index contributed by atoms with van der Waals surface area (Å²) < 4.78 is 28.1. The van der Waals surface area contributed by atoms with E-state index in [2.05, 4.69) is 4.98 Å². The second-order valence-corrected chi connectivity index (χ2v) is 4.00. The molecule has 0 saturated carbocycles. The van der Waals surface area contributed by atoms with Crippen LogP contribution in [0.4, 0.5) is 8.78 Å². The van der Waals surface area contributed by atoms with Gasteiger partial charge in [0.2, 0.25) is 0 Å². The Morgan fingerprint density at radius 3 is 2.83 bits per heavy atom. The van der Waals surface area contributed by atoms with Crippen LogP contribution in [0.3, 0.4) is 0 Å². The van der Waals surface area contributed by atoms with Crippen LogP contribution in [0.25, 0.3) is 0 Å². The summed E-state index contributed by atoms with van der Waals surface area (Å²) in [6.45, 7) is 0. The largest absolute Gasteiger partial charge is 0.338 e. The number of carbonyl (C=O) groups excluding carboxylic acids is 1. The van der Waals surface area contributed by atoms with Crippen molar-refractivity contribution in [1.82, 2.24) is 9.55 Å². The van der Waals surface area contributed by atoms with Crippen molar-refractivity contribution in [2.75, 3.05) is 0 Å². The van der Waals surface area contributed by atoms with E-state index in [1.165, 1.54) is 0 Å². The first-order valence-corrected chi connectivity index (χ1v) is 5.52. The van der Waals surface area contributed by atoms with E-state index in [0.717, 1.165) is 24.0 Å². The Hall–Kier alpha value is -2.04. The first-order valence-electron chi connectivity index (χ1n) is 5.52. The lowest BCUT2D eigenvalue weighted by Gasteiger charge is -2.03. The Bertz CT molecular complexity index is 578. The molecule has 1 aromatic heterocycles. The van der Waals surface area contributed by atoms with Gasteiger partial charge in [0.1, 0.15) is 17.5 Å². The molecule has 1 aromatic carbocycles. The van der Waals surface area contributed by atoms with Crippen LogP contribution in [0.1, 0.15) is 22.6 Å². The standard InChI is InChI=1S/C13H12F2N2O/c1-17-7-6-16-13(17)5-4-12(18)10-8-9(14)2-3-11(10)15/h2-3,6-8H,4-5H2,1H3. The Morgan fingerprint density at radius 2 is 2.17 bits per heavy atom. The molecular weight excluding hydrogens is 238 g/mol. The van der Waals surface area contributed by atoms with Crippen LogP contribution in [0, 0.1) is 11.6 Å². The molecule has 0 N–H and O–H groups in total. The Labute approximate surface area is 103 Å². The minimum atomic E-state index is -0.693. The van der Waals surface area contributed by atoms with Crippen LogP contribution in [-0.4, -0.2) is 15.3 Å². The summed E-state index contributed by atoms with van der Waals surface area (Å²) in [5.41, 5.74) is -0.204. The van der Waals surface area contributed by atoms with E-state index in [4.69, 9.17) is 0 Å². The summed E-state index contributed by atoms with van der Waals surface area (Å²) in [7, 11) is 1.82. The zero-order valence-electron chi connectivity index (χ0n) is 9.86. The Morgan fingerprint density at radius 1 is 1.39 bits per heavy atom. The van der Waals surface area contributed by atoms with Gasteiger partial charge in [0.25, 0.3) is 0 Å². The van der Waals surface area contributed by atoms with Crippen LogP contribution < -0.4 is 0 Å². The number of nitrogens with zero attached hydrogens (tertiary/aromatic N) is 2. The minimum Gasteiger partial charge on any atom is -0.338 e. The van der Waals surface area contributed by atoms with Crippen LogP contribution in [0.2, 0.25) is 0 Å². The van der Waals surface area contributed by atoms with Gasteiger partial charge in [-0.1, -0.05) is 0 Å². The van der Waals surface area contributed by atoms with Crippen LogP contribution in [0.15, 0.2) is 30.6 Å². The van der Waals surface area contributed by atoms with Gasteiger partial charge in [0.15, 0.2) is 5.78 Å². The lowest BCUT2D eigenvalue weighted by molar-refractivity contribution is 0.0977. The highest BCUT2D eigenvalue weighted by atomic mass is 19.1. The molecule has 0 saturated heterocycles. The zero-order valence-corrected chi connectivity index (χ0v) is 9.86. The molecule has 0 unspecified atom stereocenters. The quantitative estimate of drug-likeness (QED) is 0.781. The zero-order chi connectivity index (χ0) is 13.1. The number of hydrogen-bond acceptors (Lipinski definition) is 2. The van der Waals surface area contributed by atoms with Crippen molar-refractivity contribution in [2.24, 2.45) is 7.05 Å². The smallest absolute Gasteiger partial charge is 0.166 e. The van der Waals surface area contributed by atoms with Crippen molar-refractivity contribution in [3.63, 3.8) is 0 Å². The van der Waals surface area contributed by atoms with Crippen molar-refractivity contribution < 1.29 is 13.6 Å². The molecular formula is C13H12F2N2O. The predicted molar refractivity (Wildman–Crippen MR) is 62.2 cm³/mol. The van der Waals surface area contributed by atoms with Crippen LogP contribution in [0.5, 0.6) is 0 Å². The fraction of sp³-hybridized carbons (Fsp3) is 0.231. The van der Waals surface area contributed by atoms with Crippen molar-refractivity contribution in [3.05, 3.63) is 53.6 Å². The number of aromatic nitrogens is 2. The molecule has 18 heavy (non-hydrogen) atoms. The molecule has 94 valence electrons. The van der Waals surface area contributed by atoms with Gasteiger partial charge < -0.3 is 4.57 Å². The molecule has 2 rings (SSSR count). The van der Waals surface area contributed by atoms with Gasteiger partial charge in [-0.3, -0.25) is 4.79 Å². The van der Waals surface area contributed by atoms with E-state index in [0.29, 0.717) is 6.42 Å². The molecule has 2 aromatic rings. The Balaban J connectivity index is 2.08. The molecule has 0 aliphatic heterocycles. The molecule has 0 amide bonds. The summed E-state index contributed by atoms with van der Waals surface area (Å²) in [4.78, 5) is 15.8. The highest BCUT2D eigenvalue weighted by Crippen LogP contribution is 2.13. The molecule has 0 aliphatic carbocycles. The number of rotatable bonds is 4. The highest BCUT2D eigenvalue weighted by Gasteiger charge is 2.13. The van der Waals surface area contributed by atoms with Gasteiger partial charge in [-0.15, -0.1) is 0 Å². The van der Waals surface area contributed by atoms with E-state index in [1.807, 2.05) is 7.05 Å². The fourth-order valence-electron chi connectivity index (χ4n) is 1.71. The maximum atomic E-state index is 13.4. The summed E-state index contributed by atoms with van der Waals surface area (Å²) >= 11 is 0. The van der Waals surface area contributed by atoms with E-state index in [-0.39, 0.29) is 12.0 Å². The second-order valence-electron chi connectivity index (χ2n) is 4.00. The lowest BCUT2D eigenvalue weighted by Crippen LogP contribution is -2.07. The number of aryl methyl sites for hydroxylation is 2. The van der Waals surface area contributed by atoms with Crippen LogP contribution >= 0.6 is 0 Å². The summed E-state index contributed by atoms with van der Waals surface area (Å²) in [5.74, 6) is -0.992. The summed E-state index contributed by atoms with van der Waals surface area (Å²) in [6.07, 6.45) is 3.90. The third kappa shape index (κ3) is 2.61. The monoisotopic (exact) mass is 250 g/mol. The topological polar surface area (TPSA) is 34.9 Å². The van der Waals surface area contributed by atoms with Gasteiger partial charge in [-0.25, -0.2) is 13.8 Å². The first-order chi connectivity index (χ1) is 8.58. The van der Waals surface area contributed by atoms with Gasteiger partial charge in [0, 0.05) is 32.3 Å². The lowest BCUT2D eigenvalue weighted by atomic mass is 10.1. The molecule has 5 heteroatoms. The number of carbonyl (C=O) groups is 1. The summed E-state index contributed by atoms with van der Waals surface area (Å²) in [6, 6.07) is 2.88. The number of hydrogen-bond donors (Lipinski definition) is 0. The van der Waals surface area contributed by atoms with Gasteiger partial charge in [-0.05, 0) is 18.2 Å². The van der Waals surface area contributed by atoms with Crippen LogP contribution in [-0.2, 0) is 13.5 Å². The number of ketones is 1. The van der Waals surface area contributed by atoms with E-state index < -0.39 is 17.4 Å². The van der Waals surface area contributed by atoms with Gasteiger partial charge >= 0.3 is 0 Å². The highest BCUT2D eigenvalue weighted by molar-refractivity contribution is 5.96. The van der Waals surface area contributed by atoms with Gasteiger partial charge in [0.05, 0.1) is 5.56 Å². The molecule has 0 aliphatic rings. The minimum absolute atomic E-state index is 0.102. The predicted octanol–water partition coefficient (Wildman–Crippen LogP) is 2.51. The number of Topliss-reactive ketones (excluding diaryl/α,β-unsaturated/α-hetero) is 1. The molecule has 0 fully saturated rings.